The van der Waals surface area contributed by atoms with Crippen LogP contribution in [0.15, 0.2) is 127 Å². The van der Waals surface area contributed by atoms with Crippen molar-refractivity contribution in [2.75, 3.05) is 13.1 Å². The summed E-state index contributed by atoms with van der Waals surface area (Å²) >= 11 is 0. The van der Waals surface area contributed by atoms with Gasteiger partial charge in [-0.2, -0.15) is 9.15 Å². The Kier molecular flexibility index (Phi) is 11.7. The van der Waals surface area contributed by atoms with Crippen molar-refractivity contribution >= 4 is 69.1 Å². The van der Waals surface area contributed by atoms with Crippen LogP contribution in [0, 0.1) is 0 Å². The van der Waals surface area contributed by atoms with Crippen molar-refractivity contribution in [1.29, 1.82) is 0 Å². The summed E-state index contributed by atoms with van der Waals surface area (Å²) in [5.74, 6) is 0.835. The lowest BCUT2D eigenvalue weighted by Gasteiger charge is -2.32. The number of hydrogen-bond donors (Lipinski definition) is 0. The van der Waals surface area contributed by atoms with E-state index in [9.17, 15) is 0 Å². The lowest BCUT2D eigenvalue weighted by Crippen LogP contribution is -3.00. The van der Waals surface area contributed by atoms with Gasteiger partial charge in [-0.05, 0) is 105 Å². The lowest BCUT2D eigenvalue weighted by molar-refractivity contribution is -0.431. The van der Waals surface area contributed by atoms with Gasteiger partial charge in [0.2, 0.25) is 22.8 Å². The monoisotopic (exact) mass is 976 g/mol. The maximum Gasteiger partial charge on any atom is 0.494 e. The average Bonchev–Trinajstić information content (AvgIpc) is 3.76. The summed E-state index contributed by atoms with van der Waals surface area (Å²) in [6.07, 6.45) is 8.98. The second kappa shape index (κ2) is 16.3. The van der Waals surface area contributed by atoms with E-state index in [1.165, 1.54) is 55.5 Å². The van der Waals surface area contributed by atoms with Gasteiger partial charge in [-0.1, -0.05) is 78.9 Å². The van der Waals surface area contributed by atoms with E-state index in [0.717, 1.165) is 41.0 Å². The molecule has 8 heteroatoms. The number of benzene rings is 6. The predicted molar refractivity (Wildman–Crippen MR) is 228 cm³/mol. The first-order valence-electron chi connectivity index (χ1n) is 19.6. The van der Waals surface area contributed by atoms with Crippen LogP contribution in [0.5, 0.6) is 5.75 Å². The first-order chi connectivity index (χ1) is 26.7. The molecule has 6 aromatic carbocycles. The molecule has 1 saturated heterocycles. The Morgan fingerprint density at radius 3 is 1.63 bits per heavy atom. The van der Waals surface area contributed by atoms with Crippen molar-refractivity contribution in [2.45, 2.75) is 59.4 Å². The fraction of sp³-hybridized carbons (Fsp3) is 0.224. The molecule has 0 unspecified atom stereocenters. The van der Waals surface area contributed by atoms with E-state index in [-0.39, 0.29) is 66.3 Å². The van der Waals surface area contributed by atoms with Crippen LogP contribution in [0.3, 0.4) is 0 Å². The second-order valence-corrected chi connectivity index (χ2v) is 15.7. The maximum absolute atomic E-state index is 6.62. The van der Waals surface area contributed by atoms with Crippen molar-refractivity contribution in [3.8, 4) is 5.75 Å². The summed E-state index contributed by atoms with van der Waals surface area (Å²) in [5.41, 5.74) is 11.0. The first-order valence-corrected chi connectivity index (χ1v) is 19.6. The minimum absolute atomic E-state index is 0. The standard InChI is InChI=1S/C49H47BN2O3.2HI/c1-7-51-41(39-17-9-13-35-15-11-19-43(51)46(35)39)28-23-33-24-30-45(53-32-34-21-26-38(27-22-34)50-54-48(3,4)49(5,6)55-50)37(31-33)25-29-42-40-18-10-14-36-16-12-20-44(47(36)40)52(42)8-2;;/h9-31H,7-8,32H2,1-6H3;2*1H/q+2;;/p-2/b28-23+,29-25+;;. The highest BCUT2D eigenvalue weighted by Gasteiger charge is 2.51. The van der Waals surface area contributed by atoms with Crippen LogP contribution < -0.4 is 58.2 Å². The average molecular weight is 977 g/mol. The molecule has 6 aromatic rings. The van der Waals surface area contributed by atoms with Gasteiger partial charge in [0.15, 0.2) is 0 Å². The summed E-state index contributed by atoms with van der Waals surface area (Å²) in [6.45, 7) is 15.0. The Balaban J connectivity index is 0.00000248. The number of allylic oxidation sites excluding steroid dienone is 2. The molecular formula is C49H47BI2N2O3. The van der Waals surface area contributed by atoms with Crippen molar-refractivity contribution < 1.29 is 71.1 Å². The number of ether oxygens (including phenoxy) is 1. The zero-order chi connectivity index (χ0) is 37.9. The van der Waals surface area contributed by atoms with Gasteiger partial charge in [-0.3, -0.25) is 0 Å². The SMILES string of the molecule is CC[N+]1=C(/C=C/c2ccc(OCc3ccc(B4OC(C)(C)C(C)(C)O4)cc3)c(/C=C/C3=[N+](CC)c4cccc5cccc3c45)c2)c2cccc3cccc1c23.[I-].[I-]. The van der Waals surface area contributed by atoms with Crippen LogP contribution in [0.25, 0.3) is 33.7 Å². The fourth-order valence-electron chi connectivity index (χ4n) is 8.30. The molecule has 3 heterocycles. The number of nitrogens with zero attached hydrogens (tertiary/aromatic N) is 2. The Hall–Kier alpha value is -4.10. The zero-order valence-electron chi connectivity index (χ0n) is 33.4. The molecule has 0 amide bonds. The largest absolute Gasteiger partial charge is 1.00 e. The summed E-state index contributed by atoms with van der Waals surface area (Å²) < 4.78 is 24.0. The smallest absolute Gasteiger partial charge is 0.494 e. The van der Waals surface area contributed by atoms with Crippen LogP contribution in [-0.4, -0.2) is 52.0 Å². The Morgan fingerprint density at radius 1 is 0.596 bits per heavy atom. The number of halogens is 2. The quantitative estimate of drug-likeness (QED) is 0.117. The summed E-state index contributed by atoms with van der Waals surface area (Å²) in [6, 6.07) is 41.3. The highest BCUT2D eigenvalue weighted by molar-refractivity contribution is 6.62. The van der Waals surface area contributed by atoms with Gasteiger partial charge < -0.3 is 62.0 Å². The van der Waals surface area contributed by atoms with Gasteiger partial charge in [0.05, 0.1) is 33.1 Å². The third-order valence-corrected chi connectivity index (χ3v) is 11.9. The minimum atomic E-state index is -0.390. The van der Waals surface area contributed by atoms with Crippen molar-refractivity contribution in [1.82, 2.24) is 0 Å². The zero-order valence-corrected chi connectivity index (χ0v) is 37.7. The van der Waals surface area contributed by atoms with Crippen molar-refractivity contribution in [3.05, 3.63) is 155 Å². The lowest BCUT2D eigenvalue weighted by atomic mass is 9.79. The molecule has 0 bridgehead atoms. The second-order valence-electron chi connectivity index (χ2n) is 15.7. The third-order valence-electron chi connectivity index (χ3n) is 11.9. The molecule has 0 spiro atoms. The van der Waals surface area contributed by atoms with E-state index in [2.05, 4.69) is 190 Å². The molecule has 0 aromatic heterocycles. The van der Waals surface area contributed by atoms with Crippen LogP contribution in [0.1, 0.15) is 69.4 Å². The summed E-state index contributed by atoms with van der Waals surface area (Å²) in [5, 5.41) is 5.18. The first kappa shape index (κ1) is 41.1. The number of rotatable bonds is 10. The molecule has 0 saturated carbocycles. The third kappa shape index (κ3) is 7.32. The molecule has 0 radical (unpaired) electrons. The van der Waals surface area contributed by atoms with E-state index in [1.807, 2.05) is 0 Å². The van der Waals surface area contributed by atoms with Gasteiger partial charge in [-0.25, -0.2) is 0 Å². The Bertz CT molecular complexity index is 2620. The van der Waals surface area contributed by atoms with Crippen LogP contribution in [0.4, 0.5) is 11.4 Å². The molecule has 57 heavy (non-hydrogen) atoms. The van der Waals surface area contributed by atoms with Gasteiger partial charge in [0.1, 0.15) is 25.4 Å². The number of hydrogen-bond acceptors (Lipinski definition) is 3. The normalized spacial score (nSPS) is 16.4. The molecule has 9 rings (SSSR count). The summed E-state index contributed by atoms with van der Waals surface area (Å²) in [7, 11) is -0.390. The summed E-state index contributed by atoms with van der Waals surface area (Å²) in [4.78, 5) is 0. The van der Waals surface area contributed by atoms with E-state index in [1.54, 1.807) is 0 Å². The molecule has 0 atom stereocenters. The molecule has 3 aliphatic heterocycles. The topological polar surface area (TPSA) is 33.7 Å². The van der Waals surface area contributed by atoms with Crippen LogP contribution >= 0.6 is 0 Å². The van der Waals surface area contributed by atoms with E-state index in [0.29, 0.717) is 6.61 Å². The van der Waals surface area contributed by atoms with Gasteiger partial charge >= 0.3 is 7.12 Å². The molecule has 3 aliphatic rings. The highest BCUT2D eigenvalue weighted by Crippen LogP contribution is 2.38. The molecule has 288 valence electrons. The molecule has 0 aliphatic carbocycles. The Labute approximate surface area is 371 Å². The van der Waals surface area contributed by atoms with E-state index >= 15 is 0 Å². The minimum Gasteiger partial charge on any atom is -1.00 e. The van der Waals surface area contributed by atoms with Gasteiger partial charge in [0, 0.05) is 29.8 Å². The van der Waals surface area contributed by atoms with Crippen molar-refractivity contribution in [3.63, 3.8) is 0 Å². The van der Waals surface area contributed by atoms with Crippen molar-refractivity contribution in [2.24, 2.45) is 0 Å². The van der Waals surface area contributed by atoms with E-state index in [4.69, 9.17) is 14.0 Å². The fourth-order valence-corrected chi connectivity index (χ4v) is 8.30. The van der Waals surface area contributed by atoms with Crippen LogP contribution in [0.2, 0.25) is 0 Å². The maximum atomic E-state index is 6.62. The molecule has 5 nitrogen and oxygen atoms in total. The highest BCUT2D eigenvalue weighted by atomic mass is 127. The molecule has 1 fully saturated rings. The Morgan fingerprint density at radius 2 is 1.11 bits per heavy atom. The van der Waals surface area contributed by atoms with Crippen LogP contribution in [-0.2, 0) is 15.9 Å². The molecular weight excluding hydrogens is 929 g/mol. The van der Waals surface area contributed by atoms with Gasteiger partial charge in [-0.15, -0.1) is 0 Å². The predicted octanol–water partition coefficient (Wildman–Crippen LogP) is 4.24. The van der Waals surface area contributed by atoms with E-state index < -0.39 is 0 Å². The molecule has 0 N–H and O–H groups in total. The van der Waals surface area contributed by atoms with Gasteiger partial charge in [0.25, 0.3) is 0 Å².